The molecule has 5 rings (SSSR count). The summed E-state index contributed by atoms with van der Waals surface area (Å²) < 4.78 is 29.4. The molecule has 1 aliphatic rings. The number of hydrogen-bond donors (Lipinski definition) is 1. The van der Waals surface area contributed by atoms with Gasteiger partial charge in [0.1, 0.15) is 5.82 Å². The molecule has 3 aromatic heterocycles. The lowest BCUT2D eigenvalue weighted by Crippen LogP contribution is -2.15. The molecule has 0 saturated heterocycles. The molecule has 0 radical (unpaired) electrons. The number of hydrogen-bond acceptors (Lipinski definition) is 6. The van der Waals surface area contributed by atoms with Crippen LogP contribution in [0.15, 0.2) is 47.6 Å². The molecule has 2 N–H and O–H groups in total. The molecule has 0 aliphatic heterocycles. The zero-order chi connectivity index (χ0) is 19.5. The van der Waals surface area contributed by atoms with E-state index in [1.807, 2.05) is 11.3 Å². The fourth-order valence-electron chi connectivity index (χ4n) is 3.99. The molecular formula is C19H20N6O2S. The van der Waals surface area contributed by atoms with Gasteiger partial charge in [-0.3, -0.25) is 4.40 Å². The Labute approximate surface area is 162 Å². The molecule has 3 heterocycles. The first kappa shape index (κ1) is 17.3. The van der Waals surface area contributed by atoms with Gasteiger partial charge in [0, 0.05) is 18.2 Å². The van der Waals surface area contributed by atoms with Crippen LogP contribution >= 0.6 is 0 Å². The standard InChI is InChI=1S/C19H20N6O2S/c1-12-2-6-15(7-3-12)28(26,27)24-9-8-16-19(24)21-11-17-22-23-18(25(16)17)13-4-5-14(20)10-13/h2-3,6-9,11,13-14H,4-5,10,20H2,1H3. The first-order valence-corrected chi connectivity index (χ1v) is 10.7. The van der Waals surface area contributed by atoms with Crippen LogP contribution in [0.3, 0.4) is 0 Å². The summed E-state index contributed by atoms with van der Waals surface area (Å²) in [5.41, 5.74) is 8.71. The molecule has 1 fully saturated rings. The Morgan fingerprint density at radius 1 is 1.11 bits per heavy atom. The van der Waals surface area contributed by atoms with Crippen LogP contribution in [0.25, 0.3) is 16.8 Å². The van der Waals surface area contributed by atoms with Crippen LogP contribution in [0.5, 0.6) is 0 Å². The lowest BCUT2D eigenvalue weighted by molar-refractivity contribution is 0.588. The molecule has 4 aromatic rings. The van der Waals surface area contributed by atoms with Gasteiger partial charge in [-0.2, -0.15) is 0 Å². The first-order chi connectivity index (χ1) is 13.4. The van der Waals surface area contributed by atoms with E-state index < -0.39 is 10.0 Å². The summed E-state index contributed by atoms with van der Waals surface area (Å²) in [7, 11) is -3.75. The minimum atomic E-state index is -3.75. The number of fused-ring (bicyclic) bond motifs is 3. The summed E-state index contributed by atoms with van der Waals surface area (Å²) in [5, 5.41) is 8.59. The number of aromatic nitrogens is 5. The van der Waals surface area contributed by atoms with Gasteiger partial charge in [-0.1, -0.05) is 17.7 Å². The number of nitrogens with zero attached hydrogens (tertiary/aromatic N) is 5. The summed E-state index contributed by atoms with van der Waals surface area (Å²) in [6.45, 7) is 1.92. The normalized spacial score (nSPS) is 20.4. The van der Waals surface area contributed by atoms with E-state index in [0.29, 0.717) is 16.8 Å². The van der Waals surface area contributed by atoms with E-state index in [4.69, 9.17) is 5.73 Å². The molecule has 2 unspecified atom stereocenters. The zero-order valence-electron chi connectivity index (χ0n) is 15.4. The maximum absolute atomic E-state index is 13.1. The number of benzene rings is 1. The molecule has 0 amide bonds. The molecule has 0 bridgehead atoms. The van der Waals surface area contributed by atoms with Gasteiger partial charge in [-0.15, -0.1) is 10.2 Å². The van der Waals surface area contributed by atoms with Crippen molar-refractivity contribution in [1.82, 2.24) is 23.6 Å². The summed E-state index contributed by atoms with van der Waals surface area (Å²) in [4.78, 5) is 4.59. The monoisotopic (exact) mass is 396 g/mol. The SMILES string of the molecule is Cc1ccc(S(=O)(=O)n2ccc3c2ncc2nnc(C4CCC(N)C4)n23)cc1. The highest BCUT2D eigenvalue weighted by atomic mass is 32.2. The van der Waals surface area contributed by atoms with Crippen LogP contribution in [0.2, 0.25) is 0 Å². The van der Waals surface area contributed by atoms with Crippen LogP contribution in [0.4, 0.5) is 0 Å². The van der Waals surface area contributed by atoms with Crippen molar-refractivity contribution < 1.29 is 8.42 Å². The minimum absolute atomic E-state index is 0.168. The molecule has 28 heavy (non-hydrogen) atoms. The van der Waals surface area contributed by atoms with Crippen molar-refractivity contribution in [2.24, 2.45) is 5.73 Å². The lowest BCUT2D eigenvalue weighted by atomic mass is 10.1. The molecule has 8 nitrogen and oxygen atoms in total. The molecule has 1 aliphatic carbocycles. The summed E-state index contributed by atoms with van der Waals surface area (Å²) in [6.07, 6.45) is 5.86. The van der Waals surface area contributed by atoms with Gasteiger partial charge in [-0.05, 0) is 44.4 Å². The van der Waals surface area contributed by atoms with E-state index >= 15 is 0 Å². The Balaban J connectivity index is 1.69. The van der Waals surface area contributed by atoms with Crippen LogP contribution in [-0.4, -0.2) is 38.0 Å². The number of nitrogens with two attached hydrogens (primary N) is 1. The maximum atomic E-state index is 13.1. The molecule has 0 spiro atoms. The van der Waals surface area contributed by atoms with Crippen molar-refractivity contribution in [3.05, 3.63) is 54.1 Å². The summed E-state index contributed by atoms with van der Waals surface area (Å²) in [6, 6.07) is 8.71. The van der Waals surface area contributed by atoms with Gasteiger partial charge in [0.25, 0.3) is 10.0 Å². The minimum Gasteiger partial charge on any atom is -0.328 e. The van der Waals surface area contributed by atoms with Gasteiger partial charge in [0.15, 0.2) is 11.3 Å². The lowest BCUT2D eigenvalue weighted by Gasteiger charge is -2.10. The van der Waals surface area contributed by atoms with E-state index in [1.165, 1.54) is 10.2 Å². The second-order valence-electron chi connectivity index (χ2n) is 7.42. The fourth-order valence-corrected chi connectivity index (χ4v) is 5.28. The molecule has 9 heteroatoms. The van der Waals surface area contributed by atoms with Crippen LogP contribution in [0, 0.1) is 6.92 Å². The highest BCUT2D eigenvalue weighted by molar-refractivity contribution is 7.90. The van der Waals surface area contributed by atoms with Gasteiger partial charge in [0.2, 0.25) is 0 Å². The topological polar surface area (TPSA) is 108 Å². The van der Waals surface area contributed by atoms with Crippen molar-refractivity contribution in [2.45, 2.75) is 43.0 Å². The fraction of sp³-hybridized carbons (Fsp3) is 0.316. The average molecular weight is 396 g/mol. The Bertz CT molecular complexity index is 1290. The Kier molecular flexibility index (Phi) is 3.78. The smallest absolute Gasteiger partial charge is 0.269 e. The highest BCUT2D eigenvalue weighted by Crippen LogP contribution is 2.34. The first-order valence-electron chi connectivity index (χ1n) is 9.24. The summed E-state index contributed by atoms with van der Waals surface area (Å²) >= 11 is 0. The maximum Gasteiger partial charge on any atom is 0.269 e. The zero-order valence-corrected chi connectivity index (χ0v) is 16.2. The summed E-state index contributed by atoms with van der Waals surface area (Å²) in [5.74, 6) is 1.04. The molecule has 2 atom stereocenters. The van der Waals surface area contributed by atoms with Crippen LogP contribution in [0.1, 0.15) is 36.6 Å². The largest absolute Gasteiger partial charge is 0.328 e. The van der Waals surface area contributed by atoms with Crippen LogP contribution < -0.4 is 5.73 Å². The van der Waals surface area contributed by atoms with Crippen molar-refractivity contribution in [3.8, 4) is 0 Å². The predicted molar refractivity (Wildman–Crippen MR) is 105 cm³/mol. The van der Waals surface area contributed by atoms with Crippen molar-refractivity contribution in [1.29, 1.82) is 0 Å². The predicted octanol–water partition coefficient (Wildman–Crippen LogP) is 2.22. The van der Waals surface area contributed by atoms with Crippen molar-refractivity contribution in [2.75, 3.05) is 0 Å². The second-order valence-corrected chi connectivity index (χ2v) is 9.23. The average Bonchev–Trinajstić information content (AvgIpc) is 3.38. The van der Waals surface area contributed by atoms with Gasteiger partial charge in [0.05, 0.1) is 16.6 Å². The van der Waals surface area contributed by atoms with Gasteiger partial charge in [-0.25, -0.2) is 17.4 Å². The Morgan fingerprint density at radius 3 is 2.61 bits per heavy atom. The van der Waals surface area contributed by atoms with Crippen molar-refractivity contribution in [3.63, 3.8) is 0 Å². The van der Waals surface area contributed by atoms with Gasteiger partial charge < -0.3 is 5.73 Å². The molecule has 144 valence electrons. The third kappa shape index (κ3) is 2.54. The molecular weight excluding hydrogens is 376 g/mol. The Hall–Kier alpha value is -2.78. The number of aryl methyl sites for hydroxylation is 1. The highest BCUT2D eigenvalue weighted by Gasteiger charge is 2.29. The molecule has 1 aromatic carbocycles. The van der Waals surface area contributed by atoms with E-state index in [-0.39, 0.29) is 16.9 Å². The third-order valence-electron chi connectivity index (χ3n) is 5.48. The van der Waals surface area contributed by atoms with E-state index in [9.17, 15) is 8.42 Å². The molecule has 1 saturated carbocycles. The second kappa shape index (κ2) is 6.11. The van der Waals surface area contributed by atoms with Crippen molar-refractivity contribution >= 4 is 26.8 Å². The van der Waals surface area contributed by atoms with Crippen LogP contribution in [-0.2, 0) is 10.0 Å². The van der Waals surface area contributed by atoms with E-state index in [1.54, 1.807) is 36.5 Å². The van der Waals surface area contributed by atoms with E-state index in [2.05, 4.69) is 15.2 Å². The van der Waals surface area contributed by atoms with E-state index in [0.717, 1.165) is 30.7 Å². The Morgan fingerprint density at radius 2 is 1.89 bits per heavy atom. The van der Waals surface area contributed by atoms with Gasteiger partial charge >= 0.3 is 0 Å². The third-order valence-corrected chi connectivity index (χ3v) is 7.16. The number of rotatable bonds is 3. The quantitative estimate of drug-likeness (QED) is 0.569.